The first kappa shape index (κ1) is 13.3. The second kappa shape index (κ2) is 4.54. The Morgan fingerprint density at radius 3 is 3.05 bits per heavy atom. The van der Waals surface area contributed by atoms with E-state index in [2.05, 4.69) is 9.38 Å². The third kappa shape index (κ3) is 2.05. The highest BCUT2D eigenvalue weighted by molar-refractivity contribution is 7.90. The standard InChI is InChI=1S/C15H14N4O2S/c1-18-6-4-11-9-12(10-16-14(11)18)13-3-2-5-19-7-8-22(20,21)17-15(13)19/h2-6,9-10H,7-8H2,1H3. The van der Waals surface area contributed by atoms with Crippen LogP contribution >= 0.6 is 0 Å². The van der Waals surface area contributed by atoms with Crippen LogP contribution < -0.4 is 0 Å². The van der Waals surface area contributed by atoms with Crippen LogP contribution in [0.1, 0.15) is 5.56 Å². The minimum atomic E-state index is -3.39. The number of amidine groups is 1. The fraction of sp³-hybridized carbons (Fsp3) is 0.200. The SMILES string of the molecule is Cn1ccc2cc(C3=CC=CN4CCS(=O)(=O)N=C34)cnc21. The fourth-order valence-electron chi connectivity index (χ4n) is 2.74. The van der Waals surface area contributed by atoms with Gasteiger partial charge in [0, 0.05) is 48.7 Å². The van der Waals surface area contributed by atoms with Gasteiger partial charge in [0.05, 0.1) is 5.75 Å². The van der Waals surface area contributed by atoms with E-state index in [0.29, 0.717) is 12.4 Å². The number of aryl methyl sites for hydroxylation is 1. The molecule has 0 aliphatic carbocycles. The van der Waals surface area contributed by atoms with Gasteiger partial charge in [-0.25, -0.2) is 13.4 Å². The molecule has 0 fully saturated rings. The minimum absolute atomic E-state index is 0.0457. The van der Waals surface area contributed by atoms with Crippen molar-refractivity contribution in [3.05, 3.63) is 48.4 Å². The molecule has 0 aromatic carbocycles. The van der Waals surface area contributed by atoms with E-state index < -0.39 is 10.0 Å². The number of nitrogens with zero attached hydrogens (tertiary/aromatic N) is 4. The van der Waals surface area contributed by atoms with Crippen LogP contribution in [0.4, 0.5) is 0 Å². The predicted molar refractivity (Wildman–Crippen MR) is 85.8 cm³/mol. The van der Waals surface area contributed by atoms with E-state index in [4.69, 9.17) is 0 Å². The Kier molecular flexibility index (Phi) is 2.74. The lowest BCUT2D eigenvalue weighted by atomic mass is 10.0. The van der Waals surface area contributed by atoms with Crippen LogP contribution in [0.3, 0.4) is 0 Å². The highest BCUT2D eigenvalue weighted by Gasteiger charge is 2.27. The van der Waals surface area contributed by atoms with E-state index in [1.165, 1.54) is 0 Å². The average molecular weight is 314 g/mol. The molecule has 22 heavy (non-hydrogen) atoms. The van der Waals surface area contributed by atoms with Crippen molar-refractivity contribution in [3.63, 3.8) is 0 Å². The molecule has 2 aromatic rings. The maximum Gasteiger partial charge on any atom is 0.256 e. The van der Waals surface area contributed by atoms with Crippen LogP contribution in [0.15, 0.2) is 47.3 Å². The monoisotopic (exact) mass is 314 g/mol. The first-order valence-corrected chi connectivity index (χ1v) is 8.54. The Hall–Kier alpha value is -2.41. The molecule has 0 amide bonds. The molecule has 112 valence electrons. The summed E-state index contributed by atoms with van der Waals surface area (Å²) in [6.45, 7) is 0.427. The van der Waals surface area contributed by atoms with E-state index >= 15 is 0 Å². The van der Waals surface area contributed by atoms with Crippen LogP contribution in [0.5, 0.6) is 0 Å². The minimum Gasteiger partial charge on any atom is -0.336 e. The summed E-state index contributed by atoms with van der Waals surface area (Å²) in [7, 11) is -1.44. The summed E-state index contributed by atoms with van der Waals surface area (Å²) in [5, 5.41) is 1.02. The topological polar surface area (TPSA) is 67.6 Å². The second-order valence-corrected chi connectivity index (χ2v) is 7.13. The van der Waals surface area contributed by atoms with Crippen molar-refractivity contribution in [2.75, 3.05) is 12.3 Å². The van der Waals surface area contributed by atoms with Gasteiger partial charge in [0.1, 0.15) is 5.65 Å². The number of aromatic nitrogens is 2. The third-order valence-electron chi connectivity index (χ3n) is 3.88. The Morgan fingerprint density at radius 2 is 2.18 bits per heavy atom. The Morgan fingerprint density at radius 1 is 1.32 bits per heavy atom. The third-order valence-corrected chi connectivity index (χ3v) is 5.03. The number of sulfonamides is 1. The largest absolute Gasteiger partial charge is 0.336 e. The number of pyridine rings is 1. The van der Waals surface area contributed by atoms with Crippen LogP contribution in [0, 0.1) is 0 Å². The van der Waals surface area contributed by atoms with E-state index in [1.54, 1.807) is 6.20 Å². The van der Waals surface area contributed by atoms with Crippen LogP contribution in [0.25, 0.3) is 16.6 Å². The molecule has 0 saturated carbocycles. The molecular formula is C15H14N4O2S. The number of rotatable bonds is 1. The molecule has 0 bridgehead atoms. The Labute approximate surface area is 128 Å². The smallest absolute Gasteiger partial charge is 0.256 e. The first-order valence-electron chi connectivity index (χ1n) is 6.93. The van der Waals surface area contributed by atoms with Crippen molar-refractivity contribution in [2.45, 2.75) is 0 Å². The van der Waals surface area contributed by atoms with E-state index in [1.807, 2.05) is 53.2 Å². The molecule has 4 rings (SSSR count). The Balaban J connectivity index is 1.87. The van der Waals surface area contributed by atoms with E-state index in [0.717, 1.165) is 22.2 Å². The highest BCUT2D eigenvalue weighted by atomic mass is 32.2. The molecule has 6 nitrogen and oxygen atoms in total. The Bertz CT molecular complexity index is 967. The molecule has 0 spiro atoms. The molecule has 0 N–H and O–H groups in total. The van der Waals surface area contributed by atoms with Gasteiger partial charge < -0.3 is 9.47 Å². The van der Waals surface area contributed by atoms with Crippen molar-refractivity contribution >= 4 is 32.5 Å². The zero-order chi connectivity index (χ0) is 15.3. The van der Waals surface area contributed by atoms with Gasteiger partial charge in [-0.05, 0) is 24.3 Å². The molecule has 0 radical (unpaired) electrons. The van der Waals surface area contributed by atoms with Crippen LogP contribution in [-0.4, -0.2) is 41.0 Å². The maximum atomic E-state index is 11.8. The van der Waals surface area contributed by atoms with Gasteiger partial charge in [-0.15, -0.1) is 4.40 Å². The van der Waals surface area contributed by atoms with E-state index in [9.17, 15) is 8.42 Å². The first-order chi connectivity index (χ1) is 10.5. The van der Waals surface area contributed by atoms with Crippen molar-refractivity contribution in [1.29, 1.82) is 0 Å². The van der Waals surface area contributed by atoms with Gasteiger partial charge in [-0.3, -0.25) is 0 Å². The van der Waals surface area contributed by atoms with E-state index in [-0.39, 0.29) is 5.75 Å². The number of allylic oxidation sites excluding steroid dienone is 2. The molecule has 7 heteroatoms. The van der Waals surface area contributed by atoms with Crippen molar-refractivity contribution in [3.8, 4) is 0 Å². The summed E-state index contributed by atoms with van der Waals surface area (Å²) >= 11 is 0. The predicted octanol–water partition coefficient (Wildman–Crippen LogP) is 1.53. The number of fused-ring (bicyclic) bond motifs is 2. The number of hydrogen-bond acceptors (Lipinski definition) is 4. The summed E-state index contributed by atoms with van der Waals surface area (Å²) in [5.74, 6) is 0.523. The molecule has 0 unspecified atom stereocenters. The summed E-state index contributed by atoms with van der Waals surface area (Å²) in [6.07, 6.45) is 9.34. The van der Waals surface area contributed by atoms with Crippen LogP contribution in [0.2, 0.25) is 0 Å². The van der Waals surface area contributed by atoms with Gasteiger partial charge in [0.25, 0.3) is 10.0 Å². The molecule has 0 atom stereocenters. The van der Waals surface area contributed by atoms with Gasteiger partial charge in [-0.1, -0.05) is 0 Å². The zero-order valence-corrected chi connectivity index (χ0v) is 12.8. The summed E-state index contributed by atoms with van der Waals surface area (Å²) in [5.41, 5.74) is 2.54. The molecular weight excluding hydrogens is 300 g/mol. The van der Waals surface area contributed by atoms with Gasteiger partial charge in [-0.2, -0.15) is 0 Å². The number of hydrogen-bond donors (Lipinski definition) is 0. The van der Waals surface area contributed by atoms with Crippen LogP contribution in [-0.2, 0) is 17.1 Å². The molecule has 0 saturated heterocycles. The van der Waals surface area contributed by atoms with Crippen molar-refractivity contribution in [1.82, 2.24) is 14.5 Å². The summed E-state index contributed by atoms with van der Waals surface area (Å²) in [4.78, 5) is 6.33. The maximum absolute atomic E-state index is 11.8. The second-order valence-electron chi connectivity index (χ2n) is 5.38. The van der Waals surface area contributed by atoms with Crippen molar-refractivity contribution in [2.24, 2.45) is 11.4 Å². The molecule has 2 aromatic heterocycles. The average Bonchev–Trinajstić information content (AvgIpc) is 2.87. The highest BCUT2D eigenvalue weighted by Crippen LogP contribution is 2.27. The summed E-state index contributed by atoms with van der Waals surface area (Å²) < 4.78 is 29.5. The molecule has 2 aliphatic rings. The fourth-order valence-corrected chi connectivity index (χ4v) is 3.73. The normalized spacial score (nSPS) is 19.8. The zero-order valence-electron chi connectivity index (χ0n) is 12.0. The summed E-state index contributed by atoms with van der Waals surface area (Å²) in [6, 6.07) is 4.00. The molecule has 2 aliphatic heterocycles. The lowest BCUT2D eigenvalue weighted by Crippen LogP contribution is -2.37. The van der Waals surface area contributed by atoms with Gasteiger partial charge >= 0.3 is 0 Å². The van der Waals surface area contributed by atoms with Gasteiger partial charge in [0.15, 0.2) is 5.84 Å². The van der Waals surface area contributed by atoms with Gasteiger partial charge in [0.2, 0.25) is 0 Å². The lowest BCUT2D eigenvalue weighted by Gasteiger charge is -2.29. The quantitative estimate of drug-likeness (QED) is 0.800. The van der Waals surface area contributed by atoms with Crippen molar-refractivity contribution < 1.29 is 8.42 Å². The molecule has 4 heterocycles. The lowest BCUT2D eigenvalue weighted by molar-refractivity contribution is 0.550.